The Balaban J connectivity index is 1.66. The summed E-state index contributed by atoms with van der Waals surface area (Å²) in [6, 6.07) is 8.41. The van der Waals surface area contributed by atoms with Gasteiger partial charge in [0, 0.05) is 19.3 Å². The first-order valence-electron chi connectivity index (χ1n) is 8.29. The summed E-state index contributed by atoms with van der Waals surface area (Å²) in [5, 5.41) is 0. The summed E-state index contributed by atoms with van der Waals surface area (Å²) in [5.41, 5.74) is 2.04. The Morgan fingerprint density at radius 1 is 1.30 bits per heavy atom. The summed E-state index contributed by atoms with van der Waals surface area (Å²) in [5.74, 6) is 0.714. The smallest absolute Gasteiger partial charge is 0.265 e. The van der Waals surface area contributed by atoms with E-state index in [1.807, 2.05) is 46.8 Å². The van der Waals surface area contributed by atoms with Crippen LogP contribution >= 0.6 is 11.3 Å². The third kappa shape index (κ3) is 2.43. The molecule has 1 aliphatic carbocycles. The van der Waals surface area contributed by atoms with E-state index >= 15 is 0 Å². The van der Waals surface area contributed by atoms with Gasteiger partial charge >= 0.3 is 0 Å². The van der Waals surface area contributed by atoms with E-state index in [4.69, 9.17) is 0 Å². The number of aromatic nitrogens is 2. The van der Waals surface area contributed by atoms with E-state index in [9.17, 15) is 4.79 Å². The van der Waals surface area contributed by atoms with Crippen LogP contribution in [0.2, 0.25) is 0 Å². The molecule has 2 heterocycles. The average Bonchev–Trinajstić information content (AvgIpc) is 3.11. The predicted molar refractivity (Wildman–Crippen MR) is 94.1 cm³/mol. The lowest BCUT2D eigenvalue weighted by atomic mass is 9.85. The maximum absolute atomic E-state index is 12.9. The Morgan fingerprint density at radius 2 is 2.09 bits per heavy atom. The van der Waals surface area contributed by atoms with Crippen molar-refractivity contribution in [1.82, 2.24) is 14.3 Å². The molecule has 1 fully saturated rings. The van der Waals surface area contributed by atoms with Crippen molar-refractivity contribution in [2.24, 2.45) is 5.92 Å². The van der Waals surface area contributed by atoms with E-state index in [0.717, 1.165) is 27.3 Å². The molecular formula is C18H21N3OS. The van der Waals surface area contributed by atoms with Crippen molar-refractivity contribution in [2.45, 2.75) is 38.6 Å². The van der Waals surface area contributed by atoms with Crippen LogP contribution in [0, 0.1) is 5.92 Å². The Bertz CT molecular complexity index is 866. The Hall–Kier alpha value is -1.88. The minimum absolute atomic E-state index is 0.128. The van der Waals surface area contributed by atoms with Crippen LogP contribution in [0.25, 0.3) is 16.0 Å². The normalized spacial score (nSPS) is 21.8. The molecule has 0 bridgehead atoms. The van der Waals surface area contributed by atoms with Crippen molar-refractivity contribution in [2.75, 3.05) is 7.05 Å². The second-order valence-electron chi connectivity index (χ2n) is 6.59. The lowest BCUT2D eigenvalue weighted by molar-refractivity contribution is 0.0633. The Kier molecular flexibility index (Phi) is 3.60. The number of amides is 1. The first-order chi connectivity index (χ1) is 11.1. The minimum atomic E-state index is 0.128. The van der Waals surface area contributed by atoms with Crippen LogP contribution in [0.15, 0.2) is 30.5 Å². The monoisotopic (exact) mass is 327 g/mol. The molecule has 0 saturated heterocycles. The number of hydrogen-bond donors (Lipinski definition) is 0. The zero-order valence-electron chi connectivity index (χ0n) is 13.5. The van der Waals surface area contributed by atoms with Gasteiger partial charge in [0.15, 0.2) is 4.96 Å². The van der Waals surface area contributed by atoms with Crippen molar-refractivity contribution in [1.29, 1.82) is 0 Å². The second kappa shape index (κ2) is 5.64. The SMILES string of the molecule is CC1CCCCC1N(C)C(=O)c1cn2c(nc3ccccc32)s1. The number of hydrogen-bond acceptors (Lipinski definition) is 3. The van der Waals surface area contributed by atoms with Crippen LogP contribution in [0.4, 0.5) is 0 Å². The van der Waals surface area contributed by atoms with E-state index < -0.39 is 0 Å². The van der Waals surface area contributed by atoms with Gasteiger partial charge in [0.1, 0.15) is 4.88 Å². The fraction of sp³-hybridized carbons (Fsp3) is 0.444. The van der Waals surface area contributed by atoms with Gasteiger partial charge in [-0.05, 0) is 30.9 Å². The molecule has 2 atom stereocenters. The molecule has 0 N–H and O–H groups in total. The van der Waals surface area contributed by atoms with Gasteiger partial charge in [0.05, 0.1) is 11.0 Å². The molecule has 1 aromatic carbocycles. The molecular weight excluding hydrogens is 306 g/mol. The summed E-state index contributed by atoms with van der Waals surface area (Å²) in [6.45, 7) is 2.27. The number of nitrogens with zero attached hydrogens (tertiary/aromatic N) is 3. The van der Waals surface area contributed by atoms with Gasteiger partial charge < -0.3 is 4.90 Å². The summed E-state index contributed by atoms with van der Waals surface area (Å²) in [7, 11) is 1.95. The van der Waals surface area contributed by atoms with Crippen LogP contribution in [0.5, 0.6) is 0 Å². The summed E-state index contributed by atoms with van der Waals surface area (Å²) < 4.78 is 2.03. The van der Waals surface area contributed by atoms with Gasteiger partial charge in [0.2, 0.25) is 0 Å². The maximum Gasteiger partial charge on any atom is 0.265 e. The van der Waals surface area contributed by atoms with Gasteiger partial charge in [-0.25, -0.2) is 4.98 Å². The fourth-order valence-corrected chi connectivity index (χ4v) is 4.74. The van der Waals surface area contributed by atoms with Gasteiger partial charge in [-0.15, -0.1) is 0 Å². The highest BCUT2D eigenvalue weighted by molar-refractivity contribution is 7.18. The zero-order chi connectivity index (χ0) is 16.0. The maximum atomic E-state index is 12.9. The number of rotatable bonds is 2. The molecule has 3 aromatic rings. The number of carbonyl (C=O) groups is 1. The number of fused-ring (bicyclic) bond motifs is 3. The molecule has 2 aromatic heterocycles. The number of para-hydroxylation sites is 2. The van der Waals surface area contributed by atoms with Crippen molar-refractivity contribution < 1.29 is 4.79 Å². The standard InChI is InChI=1S/C18H21N3OS/c1-12-7-3-5-9-14(12)20(2)17(22)16-11-21-15-10-6-4-8-13(15)19-18(21)23-16/h4,6,8,10-12,14H,3,5,7,9H2,1-2H3. The van der Waals surface area contributed by atoms with Crippen LogP contribution in [0.1, 0.15) is 42.3 Å². The van der Waals surface area contributed by atoms with Crippen LogP contribution in [-0.4, -0.2) is 33.3 Å². The van der Waals surface area contributed by atoms with Gasteiger partial charge in [0.25, 0.3) is 5.91 Å². The lowest BCUT2D eigenvalue weighted by Gasteiger charge is -2.36. The van der Waals surface area contributed by atoms with Gasteiger partial charge in [-0.2, -0.15) is 0 Å². The van der Waals surface area contributed by atoms with E-state index in [1.54, 1.807) is 0 Å². The minimum Gasteiger partial charge on any atom is -0.338 e. The molecule has 120 valence electrons. The molecule has 0 spiro atoms. The van der Waals surface area contributed by atoms with Crippen molar-refractivity contribution in [3.8, 4) is 0 Å². The summed E-state index contributed by atoms with van der Waals surface area (Å²) in [6.07, 6.45) is 6.81. The highest BCUT2D eigenvalue weighted by Crippen LogP contribution is 2.30. The molecule has 0 aliphatic heterocycles. The van der Waals surface area contributed by atoms with Gasteiger partial charge in [-0.3, -0.25) is 9.20 Å². The number of benzene rings is 1. The zero-order valence-corrected chi connectivity index (χ0v) is 14.3. The highest BCUT2D eigenvalue weighted by Gasteiger charge is 2.29. The first-order valence-corrected chi connectivity index (χ1v) is 9.10. The van der Waals surface area contributed by atoms with E-state index in [1.165, 1.54) is 30.6 Å². The van der Waals surface area contributed by atoms with E-state index in [-0.39, 0.29) is 5.91 Å². The molecule has 4 rings (SSSR count). The molecule has 2 unspecified atom stereocenters. The molecule has 23 heavy (non-hydrogen) atoms. The Labute approximate surface area is 139 Å². The third-order valence-corrected chi connectivity index (χ3v) is 6.08. The van der Waals surface area contributed by atoms with Crippen LogP contribution in [0.3, 0.4) is 0 Å². The van der Waals surface area contributed by atoms with Crippen LogP contribution in [-0.2, 0) is 0 Å². The molecule has 4 nitrogen and oxygen atoms in total. The number of thiazole rings is 1. The third-order valence-electron chi connectivity index (χ3n) is 5.11. The van der Waals surface area contributed by atoms with E-state index in [0.29, 0.717) is 12.0 Å². The first kappa shape index (κ1) is 14.7. The molecule has 1 saturated carbocycles. The second-order valence-corrected chi connectivity index (χ2v) is 7.60. The molecule has 5 heteroatoms. The Morgan fingerprint density at radius 3 is 2.91 bits per heavy atom. The average molecular weight is 327 g/mol. The predicted octanol–water partition coefficient (Wildman–Crippen LogP) is 4.20. The van der Waals surface area contributed by atoms with E-state index in [2.05, 4.69) is 11.9 Å². The van der Waals surface area contributed by atoms with Crippen molar-refractivity contribution in [3.05, 3.63) is 35.3 Å². The largest absolute Gasteiger partial charge is 0.338 e. The lowest BCUT2D eigenvalue weighted by Crippen LogP contribution is -2.42. The topological polar surface area (TPSA) is 37.6 Å². The van der Waals surface area contributed by atoms with Crippen molar-refractivity contribution in [3.63, 3.8) is 0 Å². The van der Waals surface area contributed by atoms with Gasteiger partial charge in [-0.1, -0.05) is 43.2 Å². The highest BCUT2D eigenvalue weighted by atomic mass is 32.1. The van der Waals surface area contributed by atoms with Crippen molar-refractivity contribution >= 4 is 33.2 Å². The molecule has 1 aliphatic rings. The summed E-state index contributed by atoms with van der Waals surface area (Å²) in [4.78, 5) is 21.1. The fourth-order valence-electron chi connectivity index (χ4n) is 3.76. The summed E-state index contributed by atoms with van der Waals surface area (Å²) >= 11 is 1.49. The number of imidazole rings is 1. The van der Waals surface area contributed by atoms with Crippen LogP contribution < -0.4 is 0 Å². The molecule has 1 amide bonds. The molecule has 0 radical (unpaired) electrons. The quantitative estimate of drug-likeness (QED) is 0.707. The number of carbonyl (C=O) groups excluding carboxylic acids is 1.